The molecule has 0 aliphatic rings. The minimum atomic E-state index is -0.837. The number of aldehydes is 1. The average molecular weight is 361 g/mol. The third kappa shape index (κ3) is 7.04. The van der Waals surface area contributed by atoms with Crippen LogP contribution in [0.4, 0.5) is 0 Å². The van der Waals surface area contributed by atoms with Crippen molar-refractivity contribution in [3.05, 3.63) is 35.9 Å². The molecule has 26 heavy (non-hydrogen) atoms. The van der Waals surface area contributed by atoms with Gasteiger partial charge in [-0.05, 0) is 18.4 Å². The molecule has 0 saturated carbocycles. The van der Waals surface area contributed by atoms with Gasteiger partial charge in [0.15, 0.2) is 0 Å². The first kappa shape index (κ1) is 21.3. The van der Waals surface area contributed by atoms with Crippen molar-refractivity contribution in [3.63, 3.8) is 0 Å². The van der Waals surface area contributed by atoms with Crippen LogP contribution in [0.5, 0.6) is 0 Å². The van der Waals surface area contributed by atoms with Gasteiger partial charge in [-0.3, -0.25) is 14.4 Å². The fourth-order valence-corrected chi connectivity index (χ4v) is 2.33. The second kappa shape index (κ2) is 10.3. The Hall–Kier alpha value is -2.70. The van der Waals surface area contributed by atoms with Gasteiger partial charge in [-0.2, -0.15) is 0 Å². The second-order valence-electron chi connectivity index (χ2n) is 6.59. The normalized spacial score (nSPS) is 14.0. The van der Waals surface area contributed by atoms with E-state index in [1.54, 1.807) is 0 Å². The van der Waals surface area contributed by atoms with Crippen LogP contribution in [0, 0.1) is 5.92 Å². The topological polar surface area (TPSA) is 104 Å². The van der Waals surface area contributed by atoms with E-state index in [9.17, 15) is 19.2 Å². The zero-order valence-corrected chi connectivity index (χ0v) is 15.6. The molecule has 0 aromatic heterocycles. The highest BCUT2D eigenvalue weighted by molar-refractivity contribution is 5.92. The first-order valence-electron chi connectivity index (χ1n) is 8.61. The van der Waals surface area contributed by atoms with E-state index in [0.29, 0.717) is 12.7 Å². The van der Waals surface area contributed by atoms with E-state index in [0.717, 1.165) is 5.56 Å². The van der Waals surface area contributed by atoms with Gasteiger partial charge in [0.05, 0.1) is 6.04 Å². The van der Waals surface area contributed by atoms with Crippen molar-refractivity contribution in [2.24, 2.45) is 5.92 Å². The summed E-state index contributed by atoms with van der Waals surface area (Å²) in [4.78, 5) is 47.1. The van der Waals surface area contributed by atoms with E-state index in [1.807, 2.05) is 44.2 Å². The van der Waals surface area contributed by atoms with Crippen LogP contribution in [0.1, 0.15) is 33.3 Å². The molecule has 1 aromatic rings. The van der Waals surface area contributed by atoms with Gasteiger partial charge >= 0.3 is 0 Å². The number of hydrogen-bond donors (Lipinski definition) is 3. The van der Waals surface area contributed by atoms with E-state index in [4.69, 9.17) is 0 Å². The Balaban J connectivity index is 2.73. The summed E-state index contributed by atoms with van der Waals surface area (Å²) in [5, 5.41) is 7.79. The number of hydrogen-bond acceptors (Lipinski definition) is 4. The lowest BCUT2D eigenvalue weighted by Gasteiger charge is -2.23. The van der Waals surface area contributed by atoms with Gasteiger partial charge in [-0.1, -0.05) is 44.2 Å². The lowest BCUT2D eigenvalue weighted by atomic mass is 10.0. The number of rotatable bonds is 9. The Kier molecular flexibility index (Phi) is 8.48. The lowest BCUT2D eigenvalue weighted by Crippen LogP contribution is -2.54. The van der Waals surface area contributed by atoms with Crippen molar-refractivity contribution in [2.75, 3.05) is 0 Å². The molecule has 0 spiro atoms. The zero-order chi connectivity index (χ0) is 19.7. The third-order valence-corrected chi connectivity index (χ3v) is 3.90. The summed E-state index contributed by atoms with van der Waals surface area (Å²) in [6.45, 7) is 6.49. The van der Waals surface area contributed by atoms with E-state index in [1.165, 1.54) is 13.8 Å². The third-order valence-electron chi connectivity index (χ3n) is 3.90. The van der Waals surface area contributed by atoms with Gasteiger partial charge in [-0.15, -0.1) is 0 Å². The van der Waals surface area contributed by atoms with Crippen LogP contribution in [-0.2, 0) is 25.6 Å². The first-order valence-corrected chi connectivity index (χ1v) is 8.61. The molecule has 3 atom stereocenters. The number of nitrogens with one attached hydrogen (secondary N) is 3. The Morgan fingerprint density at radius 3 is 2.08 bits per heavy atom. The number of benzene rings is 1. The van der Waals surface area contributed by atoms with Crippen LogP contribution in [0.25, 0.3) is 0 Å². The van der Waals surface area contributed by atoms with Crippen LogP contribution in [0.15, 0.2) is 30.3 Å². The highest BCUT2D eigenvalue weighted by Gasteiger charge is 2.25. The van der Waals surface area contributed by atoms with Crippen LogP contribution >= 0.6 is 0 Å². The molecule has 0 bridgehead atoms. The maximum absolute atomic E-state index is 12.5. The average Bonchev–Trinajstić information content (AvgIpc) is 2.58. The second-order valence-corrected chi connectivity index (χ2v) is 6.59. The molecule has 142 valence electrons. The Morgan fingerprint density at radius 2 is 1.58 bits per heavy atom. The largest absolute Gasteiger partial charge is 0.345 e. The molecule has 3 N–H and O–H groups in total. The molecule has 1 rings (SSSR count). The summed E-state index contributed by atoms with van der Waals surface area (Å²) in [6.07, 6.45) is 0.982. The van der Waals surface area contributed by atoms with Crippen LogP contribution in [0.3, 0.4) is 0 Å². The molecule has 0 fully saturated rings. The molecule has 3 unspecified atom stereocenters. The highest BCUT2D eigenvalue weighted by Crippen LogP contribution is 2.04. The predicted octanol–water partition coefficient (Wildman–Crippen LogP) is 0.578. The molecule has 7 heteroatoms. The highest BCUT2D eigenvalue weighted by atomic mass is 16.2. The summed E-state index contributed by atoms with van der Waals surface area (Å²) < 4.78 is 0. The van der Waals surface area contributed by atoms with Gasteiger partial charge < -0.3 is 20.7 Å². The maximum Gasteiger partial charge on any atom is 0.243 e. The Bertz CT molecular complexity index is 631. The van der Waals surface area contributed by atoms with Gasteiger partial charge in [0, 0.05) is 13.3 Å². The molecule has 0 aliphatic heterocycles. The standard InChI is InChI=1S/C19H27N3O4/c1-12(2)17(11-23)22-18(25)13(3)20-19(26)16(21-14(4)24)10-15-8-6-5-7-9-15/h5-9,11-13,16-17H,10H2,1-4H3,(H,20,26)(H,21,24)(H,22,25). The smallest absolute Gasteiger partial charge is 0.243 e. The fourth-order valence-electron chi connectivity index (χ4n) is 2.33. The fraction of sp³-hybridized carbons (Fsp3) is 0.474. The maximum atomic E-state index is 12.5. The summed E-state index contributed by atoms with van der Waals surface area (Å²) in [7, 11) is 0. The minimum Gasteiger partial charge on any atom is -0.345 e. The SMILES string of the molecule is CC(=O)NC(Cc1ccccc1)C(=O)NC(C)C(=O)NC(C=O)C(C)C. The summed E-state index contributed by atoms with van der Waals surface area (Å²) in [5.41, 5.74) is 0.888. The van der Waals surface area contributed by atoms with Gasteiger partial charge in [0.1, 0.15) is 18.4 Å². The molecular formula is C19H27N3O4. The van der Waals surface area contributed by atoms with Gasteiger partial charge in [0.25, 0.3) is 0 Å². The Morgan fingerprint density at radius 1 is 0.962 bits per heavy atom. The van der Waals surface area contributed by atoms with Crippen molar-refractivity contribution < 1.29 is 19.2 Å². The molecule has 3 amide bonds. The van der Waals surface area contributed by atoms with Crippen molar-refractivity contribution in [3.8, 4) is 0 Å². The van der Waals surface area contributed by atoms with Crippen molar-refractivity contribution in [2.45, 2.75) is 52.2 Å². The van der Waals surface area contributed by atoms with E-state index < -0.39 is 29.9 Å². The van der Waals surface area contributed by atoms with Gasteiger partial charge in [0.2, 0.25) is 17.7 Å². The van der Waals surface area contributed by atoms with E-state index in [-0.39, 0.29) is 11.8 Å². The van der Waals surface area contributed by atoms with Crippen molar-refractivity contribution in [1.29, 1.82) is 0 Å². The van der Waals surface area contributed by atoms with Gasteiger partial charge in [-0.25, -0.2) is 0 Å². The quantitative estimate of drug-likeness (QED) is 0.560. The van der Waals surface area contributed by atoms with E-state index in [2.05, 4.69) is 16.0 Å². The number of carbonyl (C=O) groups is 4. The zero-order valence-electron chi connectivity index (χ0n) is 15.6. The predicted molar refractivity (Wildman–Crippen MR) is 98.2 cm³/mol. The molecule has 0 saturated heterocycles. The molecule has 1 aromatic carbocycles. The monoisotopic (exact) mass is 361 g/mol. The van der Waals surface area contributed by atoms with Crippen molar-refractivity contribution in [1.82, 2.24) is 16.0 Å². The summed E-state index contributed by atoms with van der Waals surface area (Å²) in [6, 6.07) is 7.02. The van der Waals surface area contributed by atoms with Crippen LogP contribution in [0.2, 0.25) is 0 Å². The van der Waals surface area contributed by atoms with Crippen LogP contribution < -0.4 is 16.0 Å². The Labute approximate surface area is 153 Å². The summed E-state index contributed by atoms with van der Waals surface area (Å²) in [5.74, 6) is -1.30. The summed E-state index contributed by atoms with van der Waals surface area (Å²) >= 11 is 0. The van der Waals surface area contributed by atoms with Crippen LogP contribution in [-0.4, -0.2) is 42.1 Å². The molecule has 7 nitrogen and oxygen atoms in total. The molecule has 0 radical (unpaired) electrons. The molecular weight excluding hydrogens is 334 g/mol. The lowest BCUT2D eigenvalue weighted by molar-refractivity contribution is -0.132. The number of amides is 3. The number of carbonyl (C=O) groups excluding carboxylic acids is 4. The minimum absolute atomic E-state index is 0.0513. The van der Waals surface area contributed by atoms with E-state index >= 15 is 0 Å². The molecule has 0 aliphatic carbocycles. The first-order chi connectivity index (χ1) is 12.2. The molecule has 0 heterocycles. The van der Waals surface area contributed by atoms with Crippen molar-refractivity contribution >= 4 is 24.0 Å².